The van der Waals surface area contributed by atoms with Crippen molar-refractivity contribution in [3.05, 3.63) is 35.1 Å². The number of halogens is 2. The van der Waals surface area contributed by atoms with Crippen molar-refractivity contribution in [1.82, 2.24) is 10.2 Å². The molecule has 0 saturated carbocycles. The standard InChI is InChI=1S/C12H14BrFN2O/c1-8-15-6-10-4-11(14)3-2-9(10)7-16(8)12(17)5-13/h2-4,8,15H,5-7H2,1H3/t8-/m1/s1. The Morgan fingerprint density at radius 2 is 2.35 bits per heavy atom. The van der Waals surface area contributed by atoms with Crippen molar-refractivity contribution in [2.75, 3.05) is 5.33 Å². The summed E-state index contributed by atoms with van der Waals surface area (Å²) in [6, 6.07) is 4.71. The molecule has 1 N–H and O–H groups in total. The fourth-order valence-electron chi connectivity index (χ4n) is 1.98. The van der Waals surface area contributed by atoms with Crippen LogP contribution >= 0.6 is 15.9 Å². The minimum absolute atomic E-state index is 0.0298. The van der Waals surface area contributed by atoms with Crippen LogP contribution in [0.25, 0.3) is 0 Å². The third kappa shape index (κ3) is 2.66. The molecule has 1 aromatic carbocycles. The minimum Gasteiger partial charge on any atom is -0.322 e. The molecule has 0 unspecified atom stereocenters. The number of nitrogens with zero attached hydrogens (tertiary/aromatic N) is 1. The summed E-state index contributed by atoms with van der Waals surface area (Å²) in [7, 11) is 0. The summed E-state index contributed by atoms with van der Waals surface area (Å²) in [5, 5.41) is 3.51. The van der Waals surface area contributed by atoms with Crippen molar-refractivity contribution in [2.45, 2.75) is 26.2 Å². The molecule has 0 aliphatic carbocycles. The predicted octanol–water partition coefficient (Wildman–Crippen LogP) is 2.00. The Bertz CT molecular complexity index is 439. The number of alkyl halides is 1. The first kappa shape index (κ1) is 12.5. The van der Waals surface area contributed by atoms with E-state index in [4.69, 9.17) is 0 Å². The third-order valence-electron chi connectivity index (χ3n) is 3.00. The molecule has 5 heteroatoms. The van der Waals surface area contributed by atoms with E-state index in [1.165, 1.54) is 12.1 Å². The largest absolute Gasteiger partial charge is 0.322 e. The lowest BCUT2D eigenvalue weighted by Crippen LogP contribution is -2.45. The summed E-state index contributed by atoms with van der Waals surface area (Å²) in [6.45, 7) is 3.04. The molecule has 0 fully saturated rings. The maximum atomic E-state index is 13.1. The number of carbonyl (C=O) groups is 1. The molecule has 1 aliphatic rings. The number of fused-ring (bicyclic) bond motifs is 1. The van der Waals surface area contributed by atoms with Gasteiger partial charge >= 0.3 is 0 Å². The first-order chi connectivity index (χ1) is 8.11. The van der Waals surface area contributed by atoms with Crippen LogP contribution in [0.2, 0.25) is 0 Å². The highest BCUT2D eigenvalue weighted by Crippen LogP contribution is 2.19. The van der Waals surface area contributed by atoms with E-state index < -0.39 is 0 Å². The minimum atomic E-state index is -0.238. The van der Waals surface area contributed by atoms with Gasteiger partial charge in [-0.15, -0.1) is 0 Å². The maximum Gasteiger partial charge on any atom is 0.234 e. The Labute approximate surface area is 108 Å². The third-order valence-corrected chi connectivity index (χ3v) is 3.48. The summed E-state index contributed by atoms with van der Waals surface area (Å²) in [6.07, 6.45) is -0.0458. The second-order valence-electron chi connectivity index (χ2n) is 4.13. The molecule has 1 aliphatic heterocycles. The van der Waals surface area contributed by atoms with Gasteiger partial charge in [-0.25, -0.2) is 4.39 Å². The molecule has 0 radical (unpaired) electrons. The van der Waals surface area contributed by atoms with Crippen molar-refractivity contribution >= 4 is 21.8 Å². The van der Waals surface area contributed by atoms with E-state index in [-0.39, 0.29) is 17.9 Å². The zero-order chi connectivity index (χ0) is 12.4. The fraction of sp³-hybridized carbons (Fsp3) is 0.417. The van der Waals surface area contributed by atoms with Gasteiger partial charge in [-0.1, -0.05) is 22.0 Å². The lowest BCUT2D eigenvalue weighted by atomic mass is 10.1. The summed E-state index contributed by atoms with van der Waals surface area (Å²) in [5.74, 6) is -0.208. The molecular formula is C12H14BrFN2O. The van der Waals surface area contributed by atoms with Crippen LogP contribution in [0.5, 0.6) is 0 Å². The highest BCUT2D eigenvalue weighted by molar-refractivity contribution is 9.09. The van der Waals surface area contributed by atoms with Gasteiger partial charge < -0.3 is 4.90 Å². The van der Waals surface area contributed by atoms with E-state index >= 15 is 0 Å². The summed E-state index contributed by atoms with van der Waals surface area (Å²) in [4.78, 5) is 13.5. The van der Waals surface area contributed by atoms with Gasteiger partial charge in [-0.3, -0.25) is 10.1 Å². The van der Waals surface area contributed by atoms with Gasteiger partial charge in [0, 0.05) is 13.1 Å². The molecule has 0 bridgehead atoms. The molecule has 17 heavy (non-hydrogen) atoms. The number of benzene rings is 1. The molecule has 0 saturated heterocycles. The molecule has 1 amide bonds. The van der Waals surface area contributed by atoms with E-state index in [2.05, 4.69) is 21.2 Å². The van der Waals surface area contributed by atoms with E-state index in [0.717, 1.165) is 11.1 Å². The lowest BCUT2D eigenvalue weighted by molar-refractivity contribution is -0.131. The Balaban J connectivity index is 2.30. The predicted molar refractivity (Wildman–Crippen MR) is 67.0 cm³/mol. The highest BCUT2D eigenvalue weighted by Gasteiger charge is 2.23. The first-order valence-corrected chi connectivity index (χ1v) is 6.60. The second kappa shape index (κ2) is 5.14. The number of carbonyl (C=O) groups excluding carboxylic acids is 1. The van der Waals surface area contributed by atoms with Crippen molar-refractivity contribution in [3.63, 3.8) is 0 Å². The Morgan fingerprint density at radius 1 is 1.59 bits per heavy atom. The molecule has 0 spiro atoms. The van der Waals surface area contributed by atoms with Crippen molar-refractivity contribution in [3.8, 4) is 0 Å². The average molecular weight is 301 g/mol. The van der Waals surface area contributed by atoms with Gasteiger partial charge in [0.25, 0.3) is 0 Å². The zero-order valence-electron chi connectivity index (χ0n) is 9.54. The molecule has 1 atom stereocenters. The average Bonchev–Trinajstić information content (AvgIpc) is 2.48. The van der Waals surface area contributed by atoms with Crippen molar-refractivity contribution < 1.29 is 9.18 Å². The molecule has 92 valence electrons. The fourth-order valence-corrected chi connectivity index (χ4v) is 2.30. The number of nitrogens with one attached hydrogen (secondary N) is 1. The monoisotopic (exact) mass is 300 g/mol. The van der Waals surface area contributed by atoms with E-state index in [9.17, 15) is 9.18 Å². The van der Waals surface area contributed by atoms with E-state index in [1.807, 2.05) is 6.92 Å². The summed E-state index contributed by atoms with van der Waals surface area (Å²) < 4.78 is 13.1. The van der Waals surface area contributed by atoms with Gasteiger partial charge in [0.15, 0.2) is 0 Å². The van der Waals surface area contributed by atoms with Crippen molar-refractivity contribution in [2.24, 2.45) is 0 Å². The number of rotatable bonds is 1. The second-order valence-corrected chi connectivity index (χ2v) is 4.69. The molecule has 1 heterocycles. The highest BCUT2D eigenvalue weighted by atomic mass is 79.9. The van der Waals surface area contributed by atoms with Crippen LogP contribution < -0.4 is 5.32 Å². The molecular weight excluding hydrogens is 287 g/mol. The number of hydrogen-bond donors (Lipinski definition) is 1. The first-order valence-electron chi connectivity index (χ1n) is 5.48. The van der Waals surface area contributed by atoms with Gasteiger partial charge in [-0.05, 0) is 30.2 Å². The maximum absolute atomic E-state index is 13.1. The number of amides is 1. The van der Waals surface area contributed by atoms with Crippen LogP contribution in [0.3, 0.4) is 0 Å². The Morgan fingerprint density at radius 3 is 3.06 bits per heavy atom. The summed E-state index contributed by atoms with van der Waals surface area (Å²) in [5.41, 5.74) is 1.92. The van der Waals surface area contributed by atoms with Crippen LogP contribution in [0.15, 0.2) is 18.2 Å². The zero-order valence-corrected chi connectivity index (χ0v) is 11.1. The van der Waals surface area contributed by atoms with Gasteiger partial charge in [0.2, 0.25) is 5.91 Å². The Hall–Kier alpha value is -0.940. The Kier molecular flexibility index (Phi) is 3.79. The molecule has 2 rings (SSSR count). The normalized spacial score (nSPS) is 19.7. The quantitative estimate of drug-likeness (QED) is 0.805. The van der Waals surface area contributed by atoms with Crippen LogP contribution in [-0.4, -0.2) is 22.3 Å². The smallest absolute Gasteiger partial charge is 0.234 e. The molecule has 0 aromatic heterocycles. The van der Waals surface area contributed by atoms with E-state index in [0.29, 0.717) is 18.4 Å². The summed E-state index contributed by atoms with van der Waals surface area (Å²) >= 11 is 3.18. The van der Waals surface area contributed by atoms with Gasteiger partial charge in [-0.2, -0.15) is 0 Å². The topological polar surface area (TPSA) is 32.3 Å². The van der Waals surface area contributed by atoms with Crippen molar-refractivity contribution in [1.29, 1.82) is 0 Å². The number of hydrogen-bond acceptors (Lipinski definition) is 2. The van der Waals surface area contributed by atoms with Gasteiger partial charge in [0.1, 0.15) is 5.82 Å². The lowest BCUT2D eigenvalue weighted by Gasteiger charge is -2.27. The van der Waals surface area contributed by atoms with Crippen LogP contribution in [0.4, 0.5) is 4.39 Å². The molecule has 3 nitrogen and oxygen atoms in total. The van der Waals surface area contributed by atoms with Crippen LogP contribution in [0, 0.1) is 5.82 Å². The van der Waals surface area contributed by atoms with E-state index in [1.54, 1.807) is 11.0 Å². The van der Waals surface area contributed by atoms with Crippen LogP contribution in [-0.2, 0) is 17.9 Å². The van der Waals surface area contributed by atoms with Crippen LogP contribution in [0.1, 0.15) is 18.1 Å². The SMILES string of the molecule is C[C@@H]1NCc2cc(F)ccc2CN1C(=O)CBr. The molecule has 1 aromatic rings. The van der Waals surface area contributed by atoms with Gasteiger partial charge in [0.05, 0.1) is 11.5 Å².